The Morgan fingerprint density at radius 2 is 1.09 bits per heavy atom. The van der Waals surface area contributed by atoms with Crippen LogP contribution in [0, 0.1) is 0 Å². The van der Waals surface area contributed by atoms with Crippen LogP contribution in [0.2, 0.25) is 0 Å². The van der Waals surface area contributed by atoms with Crippen molar-refractivity contribution in [1.82, 2.24) is 21.3 Å². The molecule has 0 aromatic rings. The monoisotopic (exact) mass is 674 g/mol. The van der Waals surface area contributed by atoms with E-state index in [4.69, 9.17) is 11.5 Å². The summed E-state index contributed by atoms with van der Waals surface area (Å²) >= 11 is 0. The molecule has 0 aromatic heterocycles. The van der Waals surface area contributed by atoms with Crippen molar-refractivity contribution >= 4 is 11.8 Å². The molecule has 0 unspecified atom stereocenters. The molecule has 2 amide bonds. The normalized spacial score (nSPS) is 13.6. The Bertz CT molecular complexity index is 805. The van der Waals surface area contributed by atoms with E-state index >= 15 is 0 Å². The second kappa shape index (κ2) is 22.6. The summed E-state index contributed by atoms with van der Waals surface area (Å²) in [6.07, 6.45) is -1.60. The average molecular weight is 675 g/mol. The van der Waals surface area contributed by atoms with Crippen molar-refractivity contribution in [1.29, 1.82) is 0 Å². The van der Waals surface area contributed by atoms with Crippen LogP contribution in [0.25, 0.3) is 0 Å². The first-order valence-corrected chi connectivity index (χ1v) is 15.6. The maximum atomic E-state index is 13.5. The van der Waals surface area contributed by atoms with Crippen LogP contribution in [-0.2, 0) is 9.59 Å². The van der Waals surface area contributed by atoms with E-state index in [-0.39, 0.29) is 24.8 Å². The molecule has 8 nitrogen and oxygen atoms in total. The summed E-state index contributed by atoms with van der Waals surface area (Å²) in [6, 6.07) is -0.442. The molecule has 1 atom stereocenters. The highest BCUT2D eigenvalue weighted by Crippen LogP contribution is 2.54. The van der Waals surface area contributed by atoms with Gasteiger partial charge in [0.2, 0.25) is 11.8 Å². The molecule has 45 heavy (non-hydrogen) atoms. The van der Waals surface area contributed by atoms with E-state index in [1.54, 1.807) is 0 Å². The lowest BCUT2D eigenvalue weighted by Crippen LogP contribution is -2.60. The van der Waals surface area contributed by atoms with Gasteiger partial charge in [-0.3, -0.25) is 9.59 Å². The third-order valence-corrected chi connectivity index (χ3v) is 7.11. The number of hydrogen-bond donors (Lipinski definition) is 6. The van der Waals surface area contributed by atoms with Crippen LogP contribution in [0.5, 0.6) is 0 Å². The molecule has 0 heterocycles. The number of alkyl halides is 9. The largest absolute Gasteiger partial charge is 0.460 e. The maximum Gasteiger partial charge on any atom is 0.460 e. The minimum absolute atomic E-state index is 0.0111. The lowest BCUT2D eigenvalue weighted by atomic mass is 9.97. The highest BCUT2D eigenvalue weighted by atomic mass is 19.4. The van der Waals surface area contributed by atoms with Gasteiger partial charge in [-0.05, 0) is 71.2 Å². The fourth-order valence-electron chi connectivity index (χ4n) is 4.34. The standard InChI is InChI=1S/C28H51F9N6O2/c29-25(30,26(31,32)27(33,34)28(35,36)37)14-8-6-4-2-1-3-5-7-9-19-42-23(44)21-43-24(45)22(41-20-12-16-39)13-10-17-40-18-11-15-38/h22,40-41H,1-21,38-39H2,(H,42,44)(H,43,45)/t22-/m0/s1. The number of hydrogen-bond acceptors (Lipinski definition) is 6. The zero-order chi connectivity index (χ0) is 34.4. The van der Waals surface area contributed by atoms with Crippen molar-refractivity contribution in [3.8, 4) is 0 Å². The predicted molar refractivity (Wildman–Crippen MR) is 154 cm³/mol. The summed E-state index contributed by atoms with van der Waals surface area (Å²) in [7, 11) is 0. The lowest BCUT2D eigenvalue weighted by Gasteiger charge is -2.33. The number of carbonyl (C=O) groups excluding carboxylic acids is 2. The van der Waals surface area contributed by atoms with Gasteiger partial charge in [-0.1, -0.05) is 44.9 Å². The molecule has 0 rings (SSSR count). The Kier molecular flexibility index (Phi) is 21.7. The van der Waals surface area contributed by atoms with Crippen LogP contribution >= 0.6 is 0 Å². The minimum atomic E-state index is -6.84. The minimum Gasteiger partial charge on any atom is -0.355 e. The molecule has 0 bridgehead atoms. The smallest absolute Gasteiger partial charge is 0.355 e. The van der Waals surface area contributed by atoms with E-state index < -0.39 is 42.8 Å². The SMILES string of the molecule is NCCCNCCC[C@H](NCCCN)C(=O)NCC(=O)NCCCCCCCCCCCC(F)(F)C(F)(F)C(F)(F)C(F)(F)F. The van der Waals surface area contributed by atoms with E-state index in [1.165, 1.54) is 0 Å². The van der Waals surface area contributed by atoms with Gasteiger partial charge in [0.25, 0.3) is 0 Å². The molecule has 0 spiro atoms. The summed E-state index contributed by atoms with van der Waals surface area (Å²) in [5, 5.41) is 11.8. The van der Waals surface area contributed by atoms with Crippen molar-refractivity contribution in [3.05, 3.63) is 0 Å². The first-order valence-electron chi connectivity index (χ1n) is 15.6. The second-order valence-corrected chi connectivity index (χ2v) is 11.0. The van der Waals surface area contributed by atoms with Gasteiger partial charge in [0.05, 0.1) is 12.6 Å². The number of nitrogens with two attached hydrogens (primary N) is 2. The topological polar surface area (TPSA) is 134 Å². The molecule has 0 radical (unpaired) electrons. The van der Waals surface area contributed by atoms with Crippen LogP contribution < -0.4 is 32.7 Å². The first-order chi connectivity index (χ1) is 21.0. The van der Waals surface area contributed by atoms with Gasteiger partial charge in [-0.25, -0.2) is 0 Å². The molecule has 0 saturated carbocycles. The quantitative estimate of drug-likeness (QED) is 0.0531. The Morgan fingerprint density at radius 3 is 1.64 bits per heavy atom. The average Bonchev–Trinajstić information content (AvgIpc) is 2.96. The van der Waals surface area contributed by atoms with Crippen molar-refractivity contribution in [2.24, 2.45) is 11.5 Å². The molecular weight excluding hydrogens is 623 g/mol. The summed E-state index contributed by atoms with van der Waals surface area (Å²) in [5.41, 5.74) is 11.0. The third kappa shape index (κ3) is 17.0. The number of halogens is 9. The summed E-state index contributed by atoms with van der Waals surface area (Å²) < 4.78 is 116. The predicted octanol–water partition coefficient (Wildman–Crippen LogP) is 4.61. The van der Waals surface area contributed by atoms with E-state index in [2.05, 4.69) is 21.3 Å². The highest BCUT2D eigenvalue weighted by Gasteiger charge is 2.81. The summed E-state index contributed by atoms with van der Waals surface area (Å²) in [6.45, 7) is 3.49. The molecular formula is C28H51F9N6O2. The Hall–Kier alpha value is -1.85. The number of carbonyl (C=O) groups is 2. The van der Waals surface area contributed by atoms with Gasteiger partial charge in [0.15, 0.2) is 0 Å². The Morgan fingerprint density at radius 1 is 0.578 bits per heavy atom. The van der Waals surface area contributed by atoms with Gasteiger partial charge in [-0.15, -0.1) is 0 Å². The van der Waals surface area contributed by atoms with E-state index in [0.29, 0.717) is 64.7 Å². The van der Waals surface area contributed by atoms with Crippen molar-refractivity contribution in [2.45, 2.75) is 120 Å². The van der Waals surface area contributed by atoms with Crippen LogP contribution in [0.3, 0.4) is 0 Å². The van der Waals surface area contributed by atoms with Crippen molar-refractivity contribution < 1.29 is 49.1 Å². The highest BCUT2D eigenvalue weighted by molar-refractivity contribution is 5.87. The van der Waals surface area contributed by atoms with Gasteiger partial charge >= 0.3 is 23.9 Å². The molecule has 0 fully saturated rings. The van der Waals surface area contributed by atoms with Gasteiger partial charge in [-0.2, -0.15) is 39.5 Å². The van der Waals surface area contributed by atoms with E-state index in [9.17, 15) is 49.1 Å². The zero-order valence-corrected chi connectivity index (χ0v) is 25.8. The lowest BCUT2D eigenvalue weighted by molar-refractivity contribution is -0.396. The molecule has 0 aliphatic rings. The Labute approximate surface area is 259 Å². The summed E-state index contributed by atoms with van der Waals surface area (Å²) in [5.74, 6) is -19.5. The number of amides is 2. The number of rotatable bonds is 28. The van der Waals surface area contributed by atoms with E-state index in [0.717, 1.165) is 45.2 Å². The number of nitrogens with one attached hydrogen (secondary N) is 4. The molecule has 0 aliphatic heterocycles. The Balaban J connectivity index is 4.03. The van der Waals surface area contributed by atoms with Crippen molar-refractivity contribution in [3.63, 3.8) is 0 Å². The third-order valence-electron chi connectivity index (χ3n) is 7.11. The van der Waals surface area contributed by atoms with Crippen molar-refractivity contribution in [2.75, 3.05) is 45.8 Å². The van der Waals surface area contributed by atoms with Crippen LogP contribution in [-0.4, -0.2) is 87.6 Å². The summed E-state index contributed by atoms with van der Waals surface area (Å²) in [4.78, 5) is 24.7. The van der Waals surface area contributed by atoms with Gasteiger partial charge in [0.1, 0.15) is 0 Å². The molecule has 8 N–H and O–H groups in total. The first kappa shape index (κ1) is 43.1. The van der Waals surface area contributed by atoms with Crippen LogP contribution in [0.4, 0.5) is 39.5 Å². The molecule has 17 heteroatoms. The second-order valence-electron chi connectivity index (χ2n) is 11.0. The van der Waals surface area contributed by atoms with Crippen LogP contribution in [0.1, 0.15) is 89.9 Å². The van der Waals surface area contributed by atoms with E-state index in [1.807, 2.05) is 0 Å². The van der Waals surface area contributed by atoms with Gasteiger partial charge in [0, 0.05) is 13.0 Å². The zero-order valence-electron chi connectivity index (χ0n) is 25.8. The van der Waals surface area contributed by atoms with Gasteiger partial charge < -0.3 is 32.7 Å². The molecule has 0 aliphatic carbocycles. The molecule has 268 valence electrons. The molecule has 0 saturated heterocycles. The molecule has 0 aromatic carbocycles. The maximum absolute atomic E-state index is 13.5. The fourth-order valence-corrected chi connectivity index (χ4v) is 4.34. The van der Waals surface area contributed by atoms with Crippen LogP contribution in [0.15, 0.2) is 0 Å². The fraction of sp³-hybridized carbons (Fsp3) is 0.929. The number of unbranched alkanes of at least 4 members (excludes halogenated alkanes) is 8.